The molecule has 0 bridgehead atoms. The molecule has 0 amide bonds. The van der Waals surface area contributed by atoms with Gasteiger partial charge in [-0.1, -0.05) is 30.3 Å². The van der Waals surface area contributed by atoms with Crippen LogP contribution in [0.1, 0.15) is 45.9 Å². The maximum absolute atomic E-state index is 5.91. The van der Waals surface area contributed by atoms with Crippen molar-refractivity contribution in [2.75, 3.05) is 12.0 Å². The number of hydrogen-bond donors (Lipinski definition) is 1. The quantitative estimate of drug-likeness (QED) is 0.339. The standard InChI is InChI=1S/C29H30N4OS/c1-18-10-8-11-19(2)27(18)32-20(3)16-24(21(32)4)28-26(25-14-6-7-15-30-25)31-29(35)33(28)22-12-9-13-23(17-22)34-5/h6-17,26,28H,1-5H3,(H,31,35)/t26-,28+/m1/s1. The van der Waals surface area contributed by atoms with E-state index in [1.165, 1.54) is 33.8 Å². The number of benzene rings is 2. The molecule has 1 aliphatic heterocycles. The van der Waals surface area contributed by atoms with E-state index in [-0.39, 0.29) is 12.1 Å². The van der Waals surface area contributed by atoms with Crippen molar-refractivity contribution in [2.45, 2.75) is 39.8 Å². The highest BCUT2D eigenvalue weighted by Gasteiger charge is 2.42. The molecule has 35 heavy (non-hydrogen) atoms. The second-order valence-corrected chi connectivity index (χ2v) is 9.49. The predicted octanol–water partition coefficient (Wildman–Crippen LogP) is 6.29. The van der Waals surface area contributed by atoms with E-state index in [1.54, 1.807) is 7.11 Å². The average molecular weight is 483 g/mol. The van der Waals surface area contributed by atoms with Gasteiger partial charge in [0.1, 0.15) is 5.75 Å². The van der Waals surface area contributed by atoms with Gasteiger partial charge in [-0.05, 0) is 86.9 Å². The highest BCUT2D eigenvalue weighted by molar-refractivity contribution is 7.80. The minimum absolute atomic E-state index is 0.0752. The zero-order chi connectivity index (χ0) is 24.7. The third-order valence-electron chi connectivity index (χ3n) is 6.88. The Balaban J connectivity index is 1.71. The number of methoxy groups -OCH3 is 1. The van der Waals surface area contributed by atoms with Gasteiger partial charge in [-0.25, -0.2) is 0 Å². The molecule has 4 aromatic rings. The van der Waals surface area contributed by atoms with Crippen molar-refractivity contribution in [1.82, 2.24) is 14.9 Å². The lowest BCUT2D eigenvalue weighted by molar-refractivity contribution is 0.415. The van der Waals surface area contributed by atoms with Crippen molar-refractivity contribution in [1.29, 1.82) is 0 Å². The number of pyridine rings is 1. The first-order valence-corrected chi connectivity index (χ1v) is 12.2. The van der Waals surface area contributed by atoms with Crippen molar-refractivity contribution in [3.63, 3.8) is 0 Å². The Bertz CT molecular complexity index is 1380. The van der Waals surface area contributed by atoms with Crippen LogP contribution in [0.5, 0.6) is 5.75 Å². The van der Waals surface area contributed by atoms with Crippen LogP contribution in [0.2, 0.25) is 0 Å². The molecule has 2 aromatic carbocycles. The fourth-order valence-corrected chi connectivity index (χ4v) is 5.64. The third kappa shape index (κ3) is 3.98. The smallest absolute Gasteiger partial charge is 0.174 e. The number of hydrogen-bond acceptors (Lipinski definition) is 3. The highest BCUT2D eigenvalue weighted by Crippen LogP contribution is 2.44. The van der Waals surface area contributed by atoms with Gasteiger partial charge in [0, 0.05) is 29.3 Å². The molecule has 0 unspecified atom stereocenters. The summed E-state index contributed by atoms with van der Waals surface area (Å²) in [7, 11) is 1.69. The van der Waals surface area contributed by atoms with E-state index >= 15 is 0 Å². The first-order valence-electron chi connectivity index (χ1n) is 11.8. The summed E-state index contributed by atoms with van der Waals surface area (Å²) >= 11 is 5.91. The molecule has 3 heterocycles. The number of thiocarbonyl (C=S) groups is 1. The van der Waals surface area contributed by atoms with Crippen LogP contribution in [0.3, 0.4) is 0 Å². The summed E-state index contributed by atoms with van der Waals surface area (Å²) in [6.45, 7) is 8.72. The molecule has 6 heteroatoms. The summed E-state index contributed by atoms with van der Waals surface area (Å²) in [5.41, 5.74) is 9.31. The van der Waals surface area contributed by atoms with Crippen LogP contribution in [0.4, 0.5) is 5.69 Å². The Morgan fingerprint density at radius 1 is 0.914 bits per heavy atom. The van der Waals surface area contributed by atoms with Gasteiger partial charge in [0.25, 0.3) is 0 Å². The normalized spacial score (nSPS) is 17.5. The molecule has 0 saturated carbocycles. The van der Waals surface area contributed by atoms with Crippen molar-refractivity contribution in [3.05, 3.63) is 107 Å². The SMILES string of the molecule is COc1cccc(N2C(=S)N[C@H](c3ccccn3)[C@@H]2c2cc(C)n(-c3c(C)cccc3C)c2C)c1. The number of nitrogens with zero attached hydrogens (tertiary/aromatic N) is 3. The Labute approximate surface area is 212 Å². The molecule has 2 atom stereocenters. The van der Waals surface area contributed by atoms with Gasteiger partial charge in [0.05, 0.1) is 30.6 Å². The van der Waals surface area contributed by atoms with E-state index in [9.17, 15) is 0 Å². The van der Waals surface area contributed by atoms with Crippen molar-refractivity contribution in [2.24, 2.45) is 0 Å². The lowest BCUT2D eigenvalue weighted by atomic mass is 9.96. The topological polar surface area (TPSA) is 42.3 Å². The number of nitrogens with one attached hydrogen (secondary N) is 1. The summed E-state index contributed by atoms with van der Waals surface area (Å²) in [6.07, 6.45) is 1.84. The van der Waals surface area contributed by atoms with E-state index in [0.29, 0.717) is 5.11 Å². The van der Waals surface area contributed by atoms with E-state index in [4.69, 9.17) is 21.9 Å². The minimum atomic E-state index is -0.0955. The minimum Gasteiger partial charge on any atom is -0.497 e. The lowest BCUT2D eigenvalue weighted by Crippen LogP contribution is -2.29. The van der Waals surface area contributed by atoms with Crippen molar-refractivity contribution in [3.8, 4) is 11.4 Å². The summed E-state index contributed by atoms with van der Waals surface area (Å²) in [4.78, 5) is 6.90. The molecule has 0 radical (unpaired) electrons. The van der Waals surface area contributed by atoms with Crippen LogP contribution >= 0.6 is 12.2 Å². The van der Waals surface area contributed by atoms with Crippen LogP contribution < -0.4 is 15.0 Å². The Morgan fingerprint density at radius 3 is 2.34 bits per heavy atom. The second kappa shape index (κ2) is 9.19. The first-order chi connectivity index (χ1) is 16.9. The maximum atomic E-state index is 5.91. The molecule has 5 nitrogen and oxygen atoms in total. The Morgan fingerprint density at radius 2 is 1.66 bits per heavy atom. The van der Waals surface area contributed by atoms with E-state index in [2.05, 4.69) is 78.9 Å². The number of para-hydroxylation sites is 1. The van der Waals surface area contributed by atoms with Crippen molar-refractivity contribution >= 4 is 23.0 Å². The largest absolute Gasteiger partial charge is 0.497 e. The van der Waals surface area contributed by atoms with Gasteiger partial charge in [-0.15, -0.1) is 0 Å². The zero-order valence-corrected chi connectivity index (χ0v) is 21.6. The van der Waals surface area contributed by atoms with Crippen molar-refractivity contribution < 1.29 is 4.74 Å². The monoisotopic (exact) mass is 482 g/mol. The molecule has 178 valence electrons. The van der Waals surface area contributed by atoms with Gasteiger partial charge in [-0.2, -0.15) is 0 Å². The molecule has 0 spiro atoms. The number of aromatic nitrogens is 2. The molecule has 2 aromatic heterocycles. The number of anilines is 1. The summed E-state index contributed by atoms with van der Waals surface area (Å²) in [5, 5.41) is 4.24. The maximum Gasteiger partial charge on any atom is 0.174 e. The third-order valence-corrected chi connectivity index (χ3v) is 7.20. The molecular formula is C29H30N4OS. The van der Waals surface area contributed by atoms with Gasteiger partial charge in [-0.3, -0.25) is 4.98 Å². The molecule has 0 aliphatic carbocycles. The fraction of sp³-hybridized carbons (Fsp3) is 0.241. The van der Waals surface area contributed by atoms with E-state index in [1.807, 2.05) is 36.5 Å². The second-order valence-electron chi connectivity index (χ2n) is 9.10. The van der Waals surface area contributed by atoms with Crippen LogP contribution in [-0.4, -0.2) is 21.8 Å². The summed E-state index contributed by atoms with van der Waals surface area (Å²) < 4.78 is 7.90. The Hall–Kier alpha value is -3.64. The number of ether oxygens (including phenoxy) is 1. The highest BCUT2D eigenvalue weighted by atomic mass is 32.1. The first kappa shape index (κ1) is 23.1. The Kier molecular flexibility index (Phi) is 6.07. The van der Waals surface area contributed by atoms with E-state index in [0.717, 1.165) is 17.1 Å². The van der Waals surface area contributed by atoms with E-state index < -0.39 is 0 Å². The van der Waals surface area contributed by atoms with Crippen LogP contribution in [0, 0.1) is 27.7 Å². The van der Waals surface area contributed by atoms with Gasteiger partial charge in [0.15, 0.2) is 5.11 Å². The fourth-order valence-electron chi connectivity index (χ4n) is 5.30. The molecule has 1 saturated heterocycles. The zero-order valence-electron chi connectivity index (χ0n) is 20.7. The average Bonchev–Trinajstić information content (AvgIpc) is 3.35. The lowest BCUT2D eigenvalue weighted by Gasteiger charge is -2.28. The molecular weight excluding hydrogens is 452 g/mol. The molecule has 1 aliphatic rings. The molecule has 1 fully saturated rings. The van der Waals surface area contributed by atoms with Crippen LogP contribution in [0.15, 0.2) is 72.9 Å². The van der Waals surface area contributed by atoms with Gasteiger partial charge < -0.3 is 19.5 Å². The molecule has 5 rings (SSSR count). The van der Waals surface area contributed by atoms with Gasteiger partial charge in [0.2, 0.25) is 0 Å². The summed E-state index contributed by atoms with van der Waals surface area (Å²) in [5.74, 6) is 0.798. The molecule has 1 N–H and O–H groups in total. The number of aryl methyl sites for hydroxylation is 3. The summed E-state index contributed by atoms with van der Waals surface area (Å²) in [6, 6.07) is 22.7. The number of rotatable bonds is 5. The van der Waals surface area contributed by atoms with Crippen LogP contribution in [-0.2, 0) is 0 Å². The van der Waals surface area contributed by atoms with Crippen LogP contribution in [0.25, 0.3) is 5.69 Å². The van der Waals surface area contributed by atoms with Gasteiger partial charge >= 0.3 is 0 Å². The predicted molar refractivity (Wildman–Crippen MR) is 146 cm³/mol.